The quantitative estimate of drug-likeness (QED) is 0.410. The van der Waals surface area contributed by atoms with Crippen LogP contribution in [0.3, 0.4) is 0 Å². The fourth-order valence-electron chi connectivity index (χ4n) is 1.69. The van der Waals surface area contributed by atoms with Crippen LogP contribution in [-0.4, -0.2) is 35.0 Å². The van der Waals surface area contributed by atoms with E-state index in [-0.39, 0.29) is 6.10 Å². The highest BCUT2D eigenvalue weighted by Crippen LogP contribution is 2.30. The van der Waals surface area contributed by atoms with Gasteiger partial charge in [0, 0.05) is 6.42 Å². The van der Waals surface area contributed by atoms with Crippen molar-refractivity contribution in [1.82, 2.24) is 10.6 Å². The largest absolute Gasteiger partial charge is 0.387 e. The lowest BCUT2D eigenvalue weighted by Gasteiger charge is -2.22. The highest BCUT2D eigenvalue weighted by Gasteiger charge is 2.58. The SMILES string of the molecule is CC1CC(O)C2(NC(=O)NC2=O)O1. The van der Waals surface area contributed by atoms with Crippen molar-refractivity contribution in [2.75, 3.05) is 0 Å². The number of aliphatic hydroxyl groups is 1. The zero-order valence-electron chi connectivity index (χ0n) is 7.03. The average Bonchev–Trinajstić information content (AvgIpc) is 2.40. The smallest absolute Gasteiger partial charge is 0.324 e. The van der Waals surface area contributed by atoms with Gasteiger partial charge in [-0.2, -0.15) is 0 Å². The lowest BCUT2D eigenvalue weighted by molar-refractivity contribution is -0.150. The van der Waals surface area contributed by atoms with Crippen LogP contribution in [0.1, 0.15) is 13.3 Å². The van der Waals surface area contributed by atoms with Crippen molar-refractivity contribution in [2.24, 2.45) is 0 Å². The Morgan fingerprint density at radius 2 is 2.31 bits per heavy atom. The summed E-state index contributed by atoms with van der Waals surface area (Å²) >= 11 is 0. The third kappa shape index (κ3) is 1.02. The molecule has 0 aromatic heterocycles. The van der Waals surface area contributed by atoms with Gasteiger partial charge in [0.25, 0.3) is 5.91 Å². The molecule has 0 aromatic rings. The zero-order valence-corrected chi connectivity index (χ0v) is 7.03. The van der Waals surface area contributed by atoms with E-state index in [0.29, 0.717) is 6.42 Å². The van der Waals surface area contributed by atoms with Gasteiger partial charge in [0.2, 0.25) is 5.72 Å². The number of nitrogens with one attached hydrogen (secondary N) is 2. The Balaban J connectivity index is 2.30. The number of amides is 3. The molecule has 1 spiro atoms. The Hall–Kier alpha value is -1.14. The van der Waals surface area contributed by atoms with Crippen LogP contribution in [0, 0.1) is 0 Å². The molecule has 0 aromatic carbocycles. The van der Waals surface area contributed by atoms with Gasteiger partial charge in [-0.3, -0.25) is 15.4 Å². The summed E-state index contributed by atoms with van der Waals surface area (Å²) in [5.74, 6) is -0.616. The molecule has 0 saturated carbocycles. The third-order valence-electron chi connectivity index (χ3n) is 2.28. The summed E-state index contributed by atoms with van der Waals surface area (Å²) in [6.07, 6.45) is -0.874. The fraction of sp³-hybridized carbons (Fsp3) is 0.714. The topological polar surface area (TPSA) is 87.7 Å². The normalized spacial score (nSPS) is 43.8. The van der Waals surface area contributed by atoms with E-state index in [0.717, 1.165) is 0 Å². The first kappa shape index (κ1) is 8.46. The van der Waals surface area contributed by atoms with E-state index in [1.807, 2.05) is 5.32 Å². The molecule has 2 aliphatic heterocycles. The maximum absolute atomic E-state index is 11.3. The van der Waals surface area contributed by atoms with Crippen LogP contribution in [0.4, 0.5) is 4.79 Å². The van der Waals surface area contributed by atoms with Gasteiger partial charge >= 0.3 is 6.03 Å². The van der Waals surface area contributed by atoms with Gasteiger partial charge in [0.05, 0.1) is 6.10 Å². The first-order chi connectivity index (χ1) is 6.04. The maximum atomic E-state index is 11.3. The predicted molar refractivity (Wildman–Crippen MR) is 40.6 cm³/mol. The van der Waals surface area contributed by atoms with Crippen LogP contribution in [-0.2, 0) is 9.53 Å². The van der Waals surface area contributed by atoms with Gasteiger partial charge in [0.15, 0.2) is 0 Å². The second-order valence-electron chi connectivity index (χ2n) is 3.32. The number of carbonyl (C=O) groups is 2. The second-order valence-corrected chi connectivity index (χ2v) is 3.32. The molecule has 6 heteroatoms. The van der Waals surface area contributed by atoms with Gasteiger partial charge in [-0.1, -0.05) is 0 Å². The van der Waals surface area contributed by atoms with E-state index in [4.69, 9.17) is 4.74 Å². The van der Waals surface area contributed by atoms with Crippen LogP contribution in [0.5, 0.6) is 0 Å². The molecule has 13 heavy (non-hydrogen) atoms. The molecule has 0 radical (unpaired) electrons. The van der Waals surface area contributed by atoms with Gasteiger partial charge in [0.1, 0.15) is 6.10 Å². The molecule has 3 unspecified atom stereocenters. The molecular weight excluding hydrogens is 176 g/mol. The first-order valence-corrected chi connectivity index (χ1v) is 4.04. The molecule has 2 fully saturated rings. The molecule has 2 aliphatic rings. The number of hydrogen-bond donors (Lipinski definition) is 3. The van der Waals surface area contributed by atoms with E-state index >= 15 is 0 Å². The predicted octanol–water partition coefficient (Wildman–Crippen LogP) is -1.31. The molecule has 0 aliphatic carbocycles. The summed E-state index contributed by atoms with van der Waals surface area (Å²) < 4.78 is 5.21. The Morgan fingerprint density at radius 3 is 2.69 bits per heavy atom. The minimum Gasteiger partial charge on any atom is -0.387 e. The number of urea groups is 1. The maximum Gasteiger partial charge on any atom is 0.324 e. The Kier molecular flexibility index (Phi) is 1.58. The molecular formula is C7H10N2O4. The average molecular weight is 186 g/mol. The molecule has 0 bridgehead atoms. The Morgan fingerprint density at radius 1 is 1.62 bits per heavy atom. The van der Waals surface area contributed by atoms with Crippen molar-refractivity contribution in [2.45, 2.75) is 31.3 Å². The number of hydrogen-bond acceptors (Lipinski definition) is 4. The van der Waals surface area contributed by atoms with Crippen molar-refractivity contribution in [3.05, 3.63) is 0 Å². The number of carbonyl (C=O) groups excluding carboxylic acids is 2. The lowest BCUT2D eigenvalue weighted by Crippen LogP contribution is -2.54. The van der Waals surface area contributed by atoms with E-state index in [1.165, 1.54) is 0 Å². The van der Waals surface area contributed by atoms with E-state index < -0.39 is 23.8 Å². The van der Waals surface area contributed by atoms with Crippen molar-refractivity contribution in [3.8, 4) is 0 Å². The van der Waals surface area contributed by atoms with Crippen LogP contribution >= 0.6 is 0 Å². The molecule has 2 heterocycles. The van der Waals surface area contributed by atoms with Crippen LogP contribution < -0.4 is 10.6 Å². The number of rotatable bonds is 0. The number of ether oxygens (including phenoxy) is 1. The van der Waals surface area contributed by atoms with Gasteiger partial charge in [-0.05, 0) is 6.92 Å². The summed E-state index contributed by atoms with van der Waals surface area (Å²) in [4.78, 5) is 22.1. The van der Waals surface area contributed by atoms with Gasteiger partial charge < -0.3 is 9.84 Å². The van der Waals surface area contributed by atoms with Gasteiger partial charge in [-0.15, -0.1) is 0 Å². The van der Waals surface area contributed by atoms with E-state index in [2.05, 4.69) is 5.32 Å². The van der Waals surface area contributed by atoms with Crippen LogP contribution in [0.2, 0.25) is 0 Å². The van der Waals surface area contributed by atoms with Crippen molar-refractivity contribution >= 4 is 11.9 Å². The summed E-state index contributed by atoms with van der Waals surface area (Å²) in [7, 11) is 0. The molecule has 6 nitrogen and oxygen atoms in total. The third-order valence-corrected chi connectivity index (χ3v) is 2.28. The number of imide groups is 1. The van der Waals surface area contributed by atoms with Crippen LogP contribution in [0.15, 0.2) is 0 Å². The molecule has 2 saturated heterocycles. The highest BCUT2D eigenvalue weighted by atomic mass is 16.6. The molecule has 72 valence electrons. The minimum atomic E-state index is -1.55. The second kappa shape index (κ2) is 2.43. The van der Waals surface area contributed by atoms with Gasteiger partial charge in [-0.25, -0.2) is 4.79 Å². The van der Waals surface area contributed by atoms with E-state index in [9.17, 15) is 14.7 Å². The van der Waals surface area contributed by atoms with Crippen molar-refractivity contribution in [3.63, 3.8) is 0 Å². The zero-order chi connectivity index (χ0) is 9.64. The fourth-order valence-corrected chi connectivity index (χ4v) is 1.69. The first-order valence-electron chi connectivity index (χ1n) is 4.04. The van der Waals surface area contributed by atoms with Crippen molar-refractivity contribution in [1.29, 1.82) is 0 Å². The summed E-state index contributed by atoms with van der Waals surface area (Å²) in [6.45, 7) is 1.73. The minimum absolute atomic E-state index is 0.237. The molecule has 3 amide bonds. The molecule has 2 rings (SSSR count). The molecule has 3 atom stereocenters. The monoisotopic (exact) mass is 186 g/mol. The highest BCUT2D eigenvalue weighted by molar-refractivity contribution is 6.06. The summed E-state index contributed by atoms with van der Waals surface area (Å²) in [5.41, 5.74) is -1.55. The summed E-state index contributed by atoms with van der Waals surface area (Å²) in [5, 5.41) is 13.9. The number of aliphatic hydroxyl groups excluding tert-OH is 1. The molecule has 3 N–H and O–H groups in total. The lowest BCUT2D eigenvalue weighted by atomic mass is 10.1. The van der Waals surface area contributed by atoms with Crippen LogP contribution in [0.25, 0.3) is 0 Å². The Bertz CT molecular complexity index is 280. The Labute approximate surface area is 74.2 Å². The standard InChI is InChI=1S/C7H10N2O4/c1-3-2-4(10)7(13-3)5(11)8-6(12)9-7/h3-4,10H,2H2,1H3,(H2,8,9,11,12). The van der Waals surface area contributed by atoms with E-state index in [1.54, 1.807) is 6.92 Å². The van der Waals surface area contributed by atoms with Crippen molar-refractivity contribution < 1.29 is 19.4 Å². The summed E-state index contributed by atoms with van der Waals surface area (Å²) in [6, 6.07) is -0.627.